The van der Waals surface area contributed by atoms with Crippen LogP contribution in [0.3, 0.4) is 0 Å². The molecule has 1 saturated heterocycles. The minimum absolute atomic E-state index is 0.515. The summed E-state index contributed by atoms with van der Waals surface area (Å²) < 4.78 is 5.25. The Hall–Kier alpha value is -1.01. The van der Waals surface area contributed by atoms with Crippen LogP contribution in [-0.4, -0.2) is 23.3 Å². The van der Waals surface area contributed by atoms with Crippen LogP contribution in [0.1, 0.15) is 19.8 Å². The second-order valence-corrected chi connectivity index (χ2v) is 2.74. The first kappa shape index (κ1) is 8.09. The van der Waals surface area contributed by atoms with Crippen LogP contribution >= 0.6 is 0 Å². The van der Waals surface area contributed by atoms with Crippen molar-refractivity contribution in [2.75, 3.05) is 6.61 Å². The summed E-state index contributed by atoms with van der Waals surface area (Å²) in [5.74, 6) is 3.56. The van der Waals surface area contributed by atoms with Crippen molar-refractivity contribution in [2.24, 2.45) is 0 Å². The lowest BCUT2D eigenvalue weighted by atomic mass is 10.0. The Kier molecular flexibility index (Phi) is 2.16. The zero-order chi connectivity index (χ0) is 8.32. The van der Waals surface area contributed by atoms with Crippen LogP contribution in [0.2, 0.25) is 0 Å². The third-order valence-corrected chi connectivity index (χ3v) is 1.65. The van der Waals surface area contributed by atoms with Crippen LogP contribution in [0.25, 0.3) is 0 Å². The van der Waals surface area contributed by atoms with E-state index in [4.69, 9.17) is 9.84 Å². The lowest BCUT2D eigenvalue weighted by molar-refractivity contribution is -0.130. The highest BCUT2D eigenvalue weighted by molar-refractivity contribution is 5.86. The zero-order valence-electron chi connectivity index (χ0n) is 6.39. The summed E-state index contributed by atoms with van der Waals surface area (Å²) in [5, 5.41) is 8.26. The van der Waals surface area contributed by atoms with Gasteiger partial charge in [-0.05, 0) is 19.8 Å². The van der Waals surface area contributed by atoms with Crippen LogP contribution in [0.5, 0.6) is 0 Å². The van der Waals surface area contributed by atoms with Gasteiger partial charge in [0.05, 0.1) is 0 Å². The molecule has 1 heterocycles. The summed E-state index contributed by atoms with van der Waals surface area (Å²) >= 11 is 0. The molecular formula is C8H10O3. The van der Waals surface area contributed by atoms with Crippen LogP contribution < -0.4 is 0 Å². The van der Waals surface area contributed by atoms with Gasteiger partial charge in [-0.2, -0.15) is 0 Å². The molecule has 1 aliphatic heterocycles. The lowest BCUT2D eigenvalue weighted by Gasteiger charge is -2.13. The monoisotopic (exact) mass is 154 g/mol. The molecule has 0 saturated carbocycles. The van der Waals surface area contributed by atoms with Crippen molar-refractivity contribution >= 4 is 5.97 Å². The van der Waals surface area contributed by atoms with Crippen molar-refractivity contribution in [1.82, 2.24) is 0 Å². The Morgan fingerprint density at radius 3 is 2.91 bits per heavy atom. The number of hydrogen-bond acceptors (Lipinski definition) is 2. The predicted octanol–water partition coefficient (Wildman–Crippen LogP) is 0.643. The molecule has 1 rings (SSSR count). The molecule has 0 aliphatic carbocycles. The van der Waals surface area contributed by atoms with Crippen LogP contribution in [-0.2, 0) is 9.53 Å². The first-order chi connectivity index (χ1) is 5.12. The summed E-state index contributed by atoms with van der Waals surface area (Å²) in [5.41, 5.74) is -0.515. The maximum absolute atomic E-state index is 10.1. The number of carbonyl (C=O) groups is 1. The molecule has 0 spiro atoms. The molecule has 0 radical (unpaired) electrons. The lowest BCUT2D eigenvalue weighted by Crippen LogP contribution is -2.20. The molecule has 11 heavy (non-hydrogen) atoms. The average Bonchev–Trinajstić information content (AvgIpc) is 2.33. The first-order valence-corrected chi connectivity index (χ1v) is 3.52. The van der Waals surface area contributed by atoms with Crippen molar-refractivity contribution in [3.8, 4) is 11.8 Å². The molecule has 1 unspecified atom stereocenters. The van der Waals surface area contributed by atoms with E-state index in [2.05, 4.69) is 11.8 Å². The van der Waals surface area contributed by atoms with E-state index in [1.54, 1.807) is 0 Å². The smallest absolute Gasteiger partial charge is 0.382 e. The van der Waals surface area contributed by atoms with Gasteiger partial charge in [-0.3, -0.25) is 0 Å². The van der Waals surface area contributed by atoms with Crippen molar-refractivity contribution in [1.29, 1.82) is 0 Å². The molecule has 0 amide bonds. The van der Waals surface area contributed by atoms with Crippen molar-refractivity contribution in [3.63, 3.8) is 0 Å². The number of hydrogen-bond donors (Lipinski definition) is 1. The van der Waals surface area contributed by atoms with Crippen LogP contribution in [0, 0.1) is 11.8 Å². The third kappa shape index (κ3) is 2.24. The Labute approximate surface area is 65.4 Å². The summed E-state index contributed by atoms with van der Waals surface area (Å²) in [6.07, 6.45) is 1.79. The fourth-order valence-electron chi connectivity index (χ4n) is 1.06. The quantitative estimate of drug-likeness (QED) is 0.521. The molecule has 3 heteroatoms. The van der Waals surface area contributed by atoms with Gasteiger partial charge in [0.25, 0.3) is 0 Å². The molecule has 60 valence electrons. The van der Waals surface area contributed by atoms with E-state index in [1.165, 1.54) is 0 Å². The number of carboxylic acid groups (broad SMARTS) is 1. The molecule has 1 atom stereocenters. The number of carboxylic acids is 1. The Morgan fingerprint density at radius 1 is 1.73 bits per heavy atom. The second kappa shape index (κ2) is 2.93. The number of aliphatic carboxylic acids is 1. The summed E-state index contributed by atoms with van der Waals surface area (Å²) in [6.45, 7) is 2.50. The van der Waals surface area contributed by atoms with E-state index in [9.17, 15) is 4.79 Å². The number of rotatable bonds is 0. The molecule has 0 aromatic heterocycles. The molecule has 1 fully saturated rings. The van der Waals surface area contributed by atoms with Crippen molar-refractivity contribution in [3.05, 3.63) is 0 Å². The molecule has 1 aliphatic rings. The largest absolute Gasteiger partial charge is 0.472 e. The molecule has 3 nitrogen and oxygen atoms in total. The fourth-order valence-corrected chi connectivity index (χ4v) is 1.06. The molecule has 0 aromatic carbocycles. The standard InChI is InChI=1S/C8H10O3/c1-8(4-2-6-11-8)5-3-7(9)10/h2,4,6H2,1H3,(H,9,10). The van der Waals surface area contributed by atoms with E-state index in [1.807, 2.05) is 6.92 Å². The van der Waals surface area contributed by atoms with E-state index in [0.29, 0.717) is 6.61 Å². The predicted molar refractivity (Wildman–Crippen MR) is 39.0 cm³/mol. The summed E-state index contributed by atoms with van der Waals surface area (Å²) in [4.78, 5) is 10.1. The van der Waals surface area contributed by atoms with Gasteiger partial charge in [-0.25, -0.2) is 4.79 Å². The zero-order valence-corrected chi connectivity index (χ0v) is 6.39. The SMILES string of the molecule is CC1(C#CC(=O)O)CCCO1. The van der Waals surface area contributed by atoms with Crippen LogP contribution in [0.4, 0.5) is 0 Å². The topological polar surface area (TPSA) is 46.5 Å². The fraction of sp³-hybridized carbons (Fsp3) is 0.625. The van der Waals surface area contributed by atoms with E-state index in [-0.39, 0.29) is 0 Å². The van der Waals surface area contributed by atoms with Gasteiger partial charge < -0.3 is 9.84 Å². The van der Waals surface area contributed by atoms with Gasteiger partial charge in [0.15, 0.2) is 0 Å². The molecule has 0 bridgehead atoms. The minimum Gasteiger partial charge on any atom is -0.472 e. The highest BCUT2D eigenvalue weighted by atomic mass is 16.5. The Morgan fingerprint density at radius 2 is 2.45 bits per heavy atom. The van der Waals surface area contributed by atoms with Gasteiger partial charge in [-0.1, -0.05) is 5.92 Å². The second-order valence-electron chi connectivity index (χ2n) is 2.74. The van der Waals surface area contributed by atoms with Crippen molar-refractivity contribution in [2.45, 2.75) is 25.4 Å². The van der Waals surface area contributed by atoms with Gasteiger partial charge in [0, 0.05) is 12.5 Å². The third-order valence-electron chi connectivity index (χ3n) is 1.65. The number of ether oxygens (including phenoxy) is 1. The molecule has 1 N–H and O–H groups in total. The average molecular weight is 154 g/mol. The molecular weight excluding hydrogens is 144 g/mol. The highest BCUT2D eigenvalue weighted by Crippen LogP contribution is 2.23. The highest BCUT2D eigenvalue weighted by Gasteiger charge is 2.27. The van der Waals surface area contributed by atoms with E-state index in [0.717, 1.165) is 12.8 Å². The summed E-state index contributed by atoms with van der Waals surface area (Å²) in [7, 11) is 0. The maximum atomic E-state index is 10.1. The van der Waals surface area contributed by atoms with E-state index < -0.39 is 11.6 Å². The Bertz CT molecular complexity index is 215. The Balaban J connectivity index is 2.61. The normalized spacial score (nSPS) is 29.2. The van der Waals surface area contributed by atoms with Gasteiger partial charge in [0.2, 0.25) is 0 Å². The van der Waals surface area contributed by atoms with Gasteiger partial charge in [0.1, 0.15) is 5.60 Å². The maximum Gasteiger partial charge on any atom is 0.382 e. The van der Waals surface area contributed by atoms with Gasteiger partial charge >= 0.3 is 5.97 Å². The molecule has 0 aromatic rings. The minimum atomic E-state index is -1.10. The van der Waals surface area contributed by atoms with Crippen LogP contribution in [0.15, 0.2) is 0 Å². The first-order valence-electron chi connectivity index (χ1n) is 3.52. The van der Waals surface area contributed by atoms with Crippen molar-refractivity contribution < 1.29 is 14.6 Å². The summed E-state index contributed by atoms with van der Waals surface area (Å²) in [6, 6.07) is 0. The van der Waals surface area contributed by atoms with E-state index >= 15 is 0 Å². The van der Waals surface area contributed by atoms with Gasteiger partial charge in [-0.15, -0.1) is 0 Å².